The molecule has 1 fully saturated rings. The second kappa shape index (κ2) is 6.97. The number of aryl methyl sites for hydroxylation is 2. The van der Waals surface area contributed by atoms with Crippen molar-refractivity contribution in [3.05, 3.63) is 40.4 Å². The SMILES string of the molecule is CC[C@@H]1CCCCN1Cn1ncn(-c2cc(C)ccc2C)c1=S. The molecule has 2 aromatic rings. The molecule has 1 atom stereocenters. The zero-order valence-electron chi connectivity index (χ0n) is 14.3. The summed E-state index contributed by atoms with van der Waals surface area (Å²) in [5, 5.41) is 4.56. The highest BCUT2D eigenvalue weighted by Crippen LogP contribution is 2.21. The molecule has 1 aromatic carbocycles. The van der Waals surface area contributed by atoms with Gasteiger partial charge >= 0.3 is 0 Å². The largest absolute Gasteiger partial charge is 0.281 e. The first-order chi connectivity index (χ1) is 11.1. The van der Waals surface area contributed by atoms with Crippen molar-refractivity contribution in [1.29, 1.82) is 0 Å². The summed E-state index contributed by atoms with van der Waals surface area (Å²) in [6.45, 7) is 8.45. The van der Waals surface area contributed by atoms with Gasteiger partial charge in [0.2, 0.25) is 4.77 Å². The maximum absolute atomic E-state index is 5.69. The van der Waals surface area contributed by atoms with Gasteiger partial charge in [-0.05, 0) is 62.5 Å². The van der Waals surface area contributed by atoms with Gasteiger partial charge in [0.1, 0.15) is 6.33 Å². The monoisotopic (exact) mass is 330 g/mol. The molecule has 0 bridgehead atoms. The third kappa shape index (κ3) is 3.40. The Bertz CT molecular complexity index is 731. The van der Waals surface area contributed by atoms with Gasteiger partial charge in [-0.3, -0.25) is 9.47 Å². The number of rotatable bonds is 4. The summed E-state index contributed by atoms with van der Waals surface area (Å²) in [7, 11) is 0. The second-order valence-electron chi connectivity index (χ2n) is 6.58. The van der Waals surface area contributed by atoms with E-state index in [-0.39, 0.29) is 0 Å². The topological polar surface area (TPSA) is 26.0 Å². The van der Waals surface area contributed by atoms with Gasteiger partial charge in [-0.1, -0.05) is 25.5 Å². The minimum Gasteiger partial charge on any atom is -0.281 e. The number of hydrogen-bond acceptors (Lipinski definition) is 3. The lowest BCUT2D eigenvalue weighted by Gasteiger charge is -2.34. The highest BCUT2D eigenvalue weighted by atomic mass is 32.1. The molecule has 1 saturated heterocycles. The van der Waals surface area contributed by atoms with E-state index in [0.29, 0.717) is 6.04 Å². The molecule has 1 aliphatic rings. The molecule has 5 heteroatoms. The number of aromatic nitrogens is 3. The third-order valence-corrected chi connectivity index (χ3v) is 5.30. The summed E-state index contributed by atoms with van der Waals surface area (Å²) in [6, 6.07) is 7.11. The molecule has 2 heterocycles. The Labute approximate surface area is 143 Å². The Morgan fingerprint density at radius 2 is 2.09 bits per heavy atom. The molecule has 124 valence electrons. The Morgan fingerprint density at radius 3 is 2.87 bits per heavy atom. The Kier molecular flexibility index (Phi) is 4.97. The summed E-state index contributed by atoms with van der Waals surface area (Å²) in [6.07, 6.45) is 6.97. The molecule has 1 aliphatic heterocycles. The molecule has 1 aromatic heterocycles. The van der Waals surface area contributed by atoms with Crippen molar-refractivity contribution in [1.82, 2.24) is 19.2 Å². The van der Waals surface area contributed by atoms with Gasteiger partial charge in [-0.2, -0.15) is 5.10 Å². The molecule has 0 spiro atoms. The van der Waals surface area contributed by atoms with E-state index in [1.807, 2.05) is 15.6 Å². The fraction of sp³-hybridized carbons (Fsp3) is 0.556. The van der Waals surface area contributed by atoms with Crippen LogP contribution in [0.4, 0.5) is 0 Å². The van der Waals surface area contributed by atoms with Crippen molar-refractivity contribution in [3.8, 4) is 5.69 Å². The summed E-state index contributed by atoms with van der Waals surface area (Å²) in [4.78, 5) is 2.53. The zero-order valence-corrected chi connectivity index (χ0v) is 15.1. The maximum atomic E-state index is 5.69. The quantitative estimate of drug-likeness (QED) is 0.784. The maximum Gasteiger partial charge on any atom is 0.203 e. The van der Waals surface area contributed by atoms with Gasteiger partial charge in [0, 0.05) is 12.6 Å². The lowest BCUT2D eigenvalue weighted by Crippen LogP contribution is -2.40. The standard InChI is InChI=1S/C18H26N4S/c1-4-16-7-5-6-10-20(16)13-22-18(23)21(12-19-22)17-11-14(2)8-9-15(17)3/h8-9,11-12,16H,4-7,10,13H2,1-3H3/t16-/m1/s1. The summed E-state index contributed by atoms with van der Waals surface area (Å²) >= 11 is 5.69. The van der Waals surface area contributed by atoms with Crippen LogP contribution in [-0.2, 0) is 6.67 Å². The average Bonchev–Trinajstić information content (AvgIpc) is 2.91. The van der Waals surface area contributed by atoms with E-state index in [1.54, 1.807) is 0 Å². The number of likely N-dealkylation sites (tertiary alicyclic amines) is 1. The Hall–Kier alpha value is -1.46. The van der Waals surface area contributed by atoms with Crippen LogP contribution in [0.1, 0.15) is 43.7 Å². The molecule has 4 nitrogen and oxygen atoms in total. The molecule has 0 saturated carbocycles. The van der Waals surface area contributed by atoms with Gasteiger partial charge in [-0.15, -0.1) is 0 Å². The molecule has 0 N–H and O–H groups in total. The molecule has 0 amide bonds. The molecule has 23 heavy (non-hydrogen) atoms. The number of piperidine rings is 1. The fourth-order valence-corrected chi connectivity index (χ4v) is 3.71. The first-order valence-electron chi connectivity index (χ1n) is 8.56. The van der Waals surface area contributed by atoms with Crippen LogP contribution in [-0.4, -0.2) is 31.8 Å². The van der Waals surface area contributed by atoms with Crippen molar-refractivity contribution in [2.75, 3.05) is 6.54 Å². The van der Waals surface area contributed by atoms with Crippen molar-refractivity contribution in [2.24, 2.45) is 0 Å². The second-order valence-corrected chi connectivity index (χ2v) is 6.95. The first kappa shape index (κ1) is 16.4. The average molecular weight is 331 g/mol. The minimum atomic E-state index is 0.663. The van der Waals surface area contributed by atoms with Crippen LogP contribution in [0.25, 0.3) is 5.69 Å². The molecule has 3 rings (SSSR count). The predicted octanol–water partition coefficient (Wildman–Crippen LogP) is 4.24. The molecular weight excluding hydrogens is 304 g/mol. The van der Waals surface area contributed by atoms with E-state index in [2.05, 4.69) is 49.0 Å². The van der Waals surface area contributed by atoms with Gasteiger partial charge in [0.15, 0.2) is 0 Å². The van der Waals surface area contributed by atoms with E-state index in [1.165, 1.54) is 36.8 Å². The van der Waals surface area contributed by atoms with Crippen LogP contribution in [0.3, 0.4) is 0 Å². The van der Waals surface area contributed by atoms with Crippen molar-refractivity contribution < 1.29 is 0 Å². The van der Waals surface area contributed by atoms with Crippen LogP contribution in [0.15, 0.2) is 24.5 Å². The van der Waals surface area contributed by atoms with Crippen molar-refractivity contribution in [2.45, 2.75) is 59.2 Å². The normalized spacial score (nSPS) is 19.2. The van der Waals surface area contributed by atoms with Crippen molar-refractivity contribution in [3.63, 3.8) is 0 Å². The Balaban J connectivity index is 1.87. The highest BCUT2D eigenvalue weighted by Gasteiger charge is 2.21. The fourth-order valence-electron chi connectivity index (χ4n) is 3.46. The van der Waals surface area contributed by atoms with Crippen LogP contribution < -0.4 is 0 Å². The van der Waals surface area contributed by atoms with E-state index in [9.17, 15) is 0 Å². The van der Waals surface area contributed by atoms with Gasteiger partial charge in [-0.25, -0.2) is 4.68 Å². The van der Waals surface area contributed by atoms with Crippen LogP contribution in [0.5, 0.6) is 0 Å². The lowest BCUT2D eigenvalue weighted by atomic mass is 10.0. The number of nitrogens with zero attached hydrogens (tertiary/aromatic N) is 4. The summed E-state index contributed by atoms with van der Waals surface area (Å²) in [5.41, 5.74) is 3.59. The smallest absolute Gasteiger partial charge is 0.203 e. The first-order valence-corrected chi connectivity index (χ1v) is 8.97. The van der Waals surface area contributed by atoms with E-state index in [4.69, 9.17) is 12.2 Å². The van der Waals surface area contributed by atoms with Crippen LogP contribution >= 0.6 is 12.2 Å². The van der Waals surface area contributed by atoms with E-state index < -0.39 is 0 Å². The van der Waals surface area contributed by atoms with Gasteiger partial charge in [0.25, 0.3) is 0 Å². The molecule has 0 aliphatic carbocycles. The third-order valence-electron chi connectivity index (χ3n) is 4.89. The van der Waals surface area contributed by atoms with Gasteiger partial charge < -0.3 is 0 Å². The van der Waals surface area contributed by atoms with Crippen LogP contribution in [0.2, 0.25) is 0 Å². The minimum absolute atomic E-state index is 0.663. The highest BCUT2D eigenvalue weighted by molar-refractivity contribution is 7.71. The van der Waals surface area contributed by atoms with Crippen molar-refractivity contribution >= 4 is 12.2 Å². The predicted molar refractivity (Wildman–Crippen MR) is 96.5 cm³/mol. The zero-order chi connectivity index (χ0) is 16.4. The van der Waals surface area contributed by atoms with Crippen LogP contribution in [0, 0.1) is 18.6 Å². The number of hydrogen-bond donors (Lipinski definition) is 0. The summed E-state index contributed by atoms with van der Waals surface area (Å²) < 4.78 is 4.77. The van der Waals surface area contributed by atoms with E-state index >= 15 is 0 Å². The molecule has 0 unspecified atom stereocenters. The Morgan fingerprint density at radius 1 is 1.26 bits per heavy atom. The summed E-state index contributed by atoms with van der Waals surface area (Å²) in [5.74, 6) is 0. The molecular formula is C18H26N4S. The van der Waals surface area contributed by atoms with Gasteiger partial charge in [0.05, 0.1) is 12.4 Å². The lowest BCUT2D eigenvalue weighted by molar-refractivity contribution is 0.100. The van der Waals surface area contributed by atoms with E-state index in [0.717, 1.165) is 23.7 Å². The number of benzene rings is 1. The molecule has 0 radical (unpaired) electrons.